The SMILES string of the molecule is N#Cc1ccc(NC(=O)CCOc2ccc(Cl)cc2)cc1. The molecule has 0 aliphatic rings. The molecule has 0 aliphatic heterocycles. The average Bonchev–Trinajstić information content (AvgIpc) is 2.50. The van der Waals surface area contributed by atoms with Gasteiger partial charge in [0, 0.05) is 10.7 Å². The minimum atomic E-state index is -0.145. The lowest BCUT2D eigenvalue weighted by molar-refractivity contribution is -0.116. The van der Waals surface area contributed by atoms with Crippen molar-refractivity contribution >= 4 is 23.2 Å². The molecule has 0 saturated heterocycles. The number of hydrogen-bond donors (Lipinski definition) is 1. The van der Waals surface area contributed by atoms with Crippen molar-refractivity contribution in [2.24, 2.45) is 0 Å². The van der Waals surface area contributed by atoms with E-state index in [9.17, 15) is 4.79 Å². The standard InChI is InChI=1S/C16H13ClN2O2/c17-13-3-7-15(8-4-13)21-10-9-16(20)19-14-5-1-12(11-18)2-6-14/h1-8H,9-10H2,(H,19,20). The predicted octanol–water partition coefficient (Wildman–Crippen LogP) is 3.62. The smallest absolute Gasteiger partial charge is 0.227 e. The normalized spacial score (nSPS) is 9.71. The first-order valence-electron chi connectivity index (χ1n) is 6.36. The molecule has 0 aromatic heterocycles. The lowest BCUT2D eigenvalue weighted by atomic mass is 10.2. The summed E-state index contributed by atoms with van der Waals surface area (Å²) in [5.74, 6) is 0.527. The van der Waals surface area contributed by atoms with Gasteiger partial charge in [0.05, 0.1) is 24.7 Å². The number of nitriles is 1. The monoisotopic (exact) mass is 300 g/mol. The van der Waals surface area contributed by atoms with Crippen LogP contribution in [0.1, 0.15) is 12.0 Å². The Morgan fingerprint density at radius 2 is 1.81 bits per heavy atom. The first-order valence-corrected chi connectivity index (χ1v) is 6.73. The van der Waals surface area contributed by atoms with E-state index in [1.54, 1.807) is 48.5 Å². The predicted molar refractivity (Wildman–Crippen MR) is 81.4 cm³/mol. The van der Waals surface area contributed by atoms with E-state index in [2.05, 4.69) is 5.32 Å². The zero-order chi connectivity index (χ0) is 15.1. The Morgan fingerprint density at radius 1 is 1.14 bits per heavy atom. The molecule has 21 heavy (non-hydrogen) atoms. The van der Waals surface area contributed by atoms with Crippen LogP contribution in [-0.4, -0.2) is 12.5 Å². The van der Waals surface area contributed by atoms with Crippen LogP contribution in [0.3, 0.4) is 0 Å². The molecule has 4 nitrogen and oxygen atoms in total. The maximum absolute atomic E-state index is 11.7. The summed E-state index contributed by atoms with van der Waals surface area (Å²) in [7, 11) is 0. The van der Waals surface area contributed by atoms with Crippen molar-refractivity contribution in [2.75, 3.05) is 11.9 Å². The topological polar surface area (TPSA) is 62.1 Å². The van der Waals surface area contributed by atoms with Crippen LogP contribution < -0.4 is 10.1 Å². The molecule has 5 heteroatoms. The zero-order valence-corrected chi connectivity index (χ0v) is 11.9. The first kappa shape index (κ1) is 14.9. The summed E-state index contributed by atoms with van der Waals surface area (Å²) in [6.45, 7) is 0.281. The van der Waals surface area contributed by atoms with Crippen molar-refractivity contribution in [3.63, 3.8) is 0 Å². The van der Waals surface area contributed by atoms with Crippen LogP contribution in [0.4, 0.5) is 5.69 Å². The molecule has 106 valence electrons. The van der Waals surface area contributed by atoms with Gasteiger partial charge in [-0.2, -0.15) is 5.26 Å². The van der Waals surface area contributed by atoms with Gasteiger partial charge in [0.25, 0.3) is 0 Å². The van der Waals surface area contributed by atoms with Gasteiger partial charge in [0.2, 0.25) is 5.91 Å². The van der Waals surface area contributed by atoms with Crippen LogP contribution in [0, 0.1) is 11.3 Å². The van der Waals surface area contributed by atoms with Gasteiger partial charge in [-0.05, 0) is 48.5 Å². The van der Waals surface area contributed by atoms with Gasteiger partial charge in [-0.3, -0.25) is 4.79 Å². The number of hydrogen-bond acceptors (Lipinski definition) is 3. The number of nitrogens with zero attached hydrogens (tertiary/aromatic N) is 1. The van der Waals surface area contributed by atoms with E-state index in [0.717, 1.165) is 0 Å². The fourth-order valence-electron chi connectivity index (χ4n) is 1.64. The molecule has 0 saturated carbocycles. The molecule has 0 heterocycles. The summed E-state index contributed by atoms with van der Waals surface area (Å²) in [4.78, 5) is 11.7. The summed E-state index contributed by atoms with van der Waals surface area (Å²) in [6, 6.07) is 15.7. The highest BCUT2D eigenvalue weighted by atomic mass is 35.5. The Balaban J connectivity index is 1.76. The number of rotatable bonds is 5. The summed E-state index contributed by atoms with van der Waals surface area (Å²) in [5.41, 5.74) is 1.21. The molecule has 1 amide bonds. The number of carbonyl (C=O) groups excluding carboxylic acids is 1. The van der Waals surface area contributed by atoms with E-state index < -0.39 is 0 Å². The minimum absolute atomic E-state index is 0.145. The lowest BCUT2D eigenvalue weighted by Crippen LogP contribution is -2.15. The van der Waals surface area contributed by atoms with E-state index in [1.165, 1.54) is 0 Å². The summed E-state index contributed by atoms with van der Waals surface area (Å²) < 4.78 is 5.44. The van der Waals surface area contributed by atoms with E-state index in [0.29, 0.717) is 22.0 Å². The van der Waals surface area contributed by atoms with Crippen molar-refractivity contribution in [3.8, 4) is 11.8 Å². The van der Waals surface area contributed by atoms with Crippen LogP contribution in [0.15, 0.2) is 48.5 Å². The third kappa shape index (κ3) is 4.83. The van der Waals surface area contributed by atoms with Gasteiger partial charge >= 0.3 is 0 Å². The van der Waals surface area contributed by atoms with E-state index in [1.807, 2.05) is 6.07 Å². The minimum Gasteiger partial charge on any atom is -0.493 e. The van der Waals surface area contributed by atoms with Gasteiger partial charge < -0.3 is 10.1 Å². The fraction of sp³-hybridized carbons (Fsp3) is 0.125. The fourth-order valence-corrected chi connectivity index (χ4v) is 1.77. The Labute approximate surface area is 127 Å². The van der Waals surface area contributed by atoms with E-state index >= 15 is 0 Å². The van der Waals surface area contributed by atoms with Gasteiger partial charge in [0.1, 0.15) is 5.75 Å². The molecule has 0 bridgehead atoms. The summed E-state index contributed by atoms with van der Waals surface area (Å²) in [5, 5.41) is 12.1. The largest absolute Gasteiger partial charge is 0.493 e. The number of ether oxygens (including phenoxy) is 1. The zero-order valence-electron chi connectivity index (χ0n) is 11.2. The van der Waals surface area contributed by atoms with Crippen molar-refractivity contribution in [1.29, 1.82) is 5.26 Å². The van der Waals surface area contributed by atoms with Crippen LogP contribution in [-0.2, 0) is 4.79 Å². The Kier molecular flexibility index (Phi) is 5.19. The van der Waals surface area contributed by atoms with E-state index in [-0.39, 0.29) is 18.9 Å². The van der Waals surface area contributed by atoms with Crippen molar-refractivity contribution < 1.29 is 9.53 Å². The number of benzene rings is 2. The van der Waals surface area contributed by atoms with Crippen LogP contribution in [0.2, 0.25) is 5.02 Å². The highest BCUT2D eigenvalue weighted by Gasteiger charge is 2.03. The number of anilines is 1. The molecule has 2 rings (SSSR count). The highest BCUT2D eigenvalue weighted by Crippen LogP contribution is 2.15. The number of carbonyl (C=O) groups is 1. The second-order valence-corrected chi connectivity index (χ2v) is 4.73. The van der Waals surface area contributed by atoms with Crippen molar-refractivity contribution in [2.45, 2.75) is 6.42 Å². The molecule has 0 unspecified atom stereocenters. The number of amides is 1. The van der Waals surface area contributed by atoms with Crippen molar-refractivity contribution in [3.05, 3.63) is 59.1 Å². The molecule has 2 aromatic rings. The third-order valence-corrected chi connectivity index (χ3v) is 2.96. The average molecular weight is 301 g/mol. The molecule has 0 radical (unpaired) electrons. The maximum atomic E-state index is 11.7. The lowest BCUT2D eigenvalue weighted by Gasteiger charge is -2.07. The van der Waals surface area contributed by atoms with Crippen LogP contribution in [0.5, 0.6) is 5.75 Å². The van der Waals surface area contributed by atoms with Gasteiger partial charge in [-0.25, -0.2) is 0 Å². The van der Waals surface area contributed by atoms with Crippen molar-refractivity contribution in [1.82, 2.24) is 0 Å². The van der Waals surface area contributed by atoms with Crippen LogP contribution in [0.25, 0.3) is 0 Å². The molecule has 2 aromatic carbocycles. The Morgan fingerprint density at radius 3 is 2.43 bits per heavy atom. The second-order valence-electron chi connectivity index (χ2n) is 4.29. The number of halogens is 1. The summed E-state index contributed by atoms with van der Waals surface area (Å²) in [6.07, 6.45) is 0.239. The Bertz CT molecular complexity index is 645. The molecule has 0 atom stereocenters. The van der Waals surface area contributed by atoms with Crippen LogP contribution >= 0.6 is 11.6 Å². The van der Waals surface area contributed by atoms with Gasteiger partial charge in [-0.1, -0.05) is 11.6 Å². The Hall–Kier alpha value is -2.51. The summed E-state index contributed by atoms with van der Waals surface area (Å²) >= 11 is 5.77. The highest BCUT2D eigenvalue weighted by molar-refractivity contribution is 6.30. The molecule has 1 N–H and O–H groups in total. The molecular formula is C16H13ClN2O2. The molecular weight excluding hydrogens is 288 g/mol. The first-order chi connectivity index (χ1) is 10.2. The van der Waals surface area contributed by atoms with Gasteiger partial charge in [0.15, 0.2) is 0 Å². The third-order valence-electron chi connectivity index (χ3n) is 2.71. The number of nitrogens with one attached hydrogen (secondary N) is 1. The molecule has 0 aliphatic carbocycles. The molecule has 0 spiro atoms. The quantitative estimate of drug-likeness (QED) is 0.917. The van der Waals surface area contributed by atoms with E-state index in [4.69, 9.17) is 21.6 Å². The maximum Gasteiger partial charge on any atom is 0.227 e. The van der Waals surface area contributed by atoms with Gasteiger partial charge in [-0.15, -0.1) is 0 Å². The molecule has 0 fully saturated rings. The second kappa shape index (κ2) is 7.32.